The summed E-state index contributed by atoms with van der Waals surface area (Å²) in [5, 5.41) is 5.84. The van der Waals surface area contributed by atoms with Gasteiger partial charge in [0.25, 0.3) is 5.91 Å². The second kappa shape index (κ2) is 6.68. The smallest absolute Gasteiger partial charge is 0.277 e. The summed E-state index contributed by atoms with van der Waals surface area (Å²) in [5.41, 5.74) is 0.317. The third-order valence-electron chi connectivity index (χ3n) is 3.36. The predicted molar refractivity (Wildman–Crippen MR) is 82.8 cm³/mol. The van der Waals surface area contributed by atoms with Crippen molar-refractivity contribution in [1.29, 1.82) is 0 Å². The van der Waals surface area contributed by atoms with Gasteiger partial charge in [0.05, 0.1) is 7.11 Å². The van der Waals surface area contributed by atoms with Crippen LogP contribution in [-0.4, -0.2) is 18.2 Å². The topological polar surface area (TPSA) is 64.4 Å². The molecular formula is C17H11F3N2O3. The highest BCUT2D eigenvalue weighted by atomic mass is 19.2. The Morgan fingerprint density at radius 2 is 1.72 bits per heavy atom. The van der Waals surface area contributed by atoms with Crippen LogP contribution >= 0.6 is 0 Å². The monoisotopic (exact) mass is 348 g/mol. The van der Waals surface area contributed by atoms with Crippen LogP contribution in [0.1, 0.15) is 10.5 Å². The van der Waals surface area contributed by atoms with E-state index in [4.69, 9.17) is 9.26 Å². The van der Waals surface area contributed by atoms with Gasteiger partial charge < -0.3 is 14.6 Å². The van der Waals surface area contributed by atoms with Crippen molar-refractivity contribution in [3.8, 4) is 17.1 Å². The van der Waals surface area contributed by atoms with E-state index in [9.17, 15) is 18.0 Å². The van der Waals surface area contributed by atoms with Crippen LogP contribution in [0, 0.1) is 17.5 Å². The van der Waals surface area contributed by atoms with Crippen molar-refractivity contribution in [1.82, 2.24) is 5.16 Å². The van der Waals surface area contributed by atoms with Crippen molar-refractivity contribution in [2.75, 3.05) is 12.4 Å². The fourth-order valence-electron chi connectivity index (χ4n) is 2.10. The van der Waals surface area contributed by atoms with Gasteiger partial charge in [-0.1, -0.05) is 5.16 Å². The maximum absolute atomic E-state index is 13.2. The summed E-state index contributed by atoms with van der Waals surface area (Å²) in [4.78, 5) is 12.1. The molecule has 2 aromatic carbocycles. The lowest BCUT2D eigenvalue weighted by Gasteiger charge is -2.04. The molecule has 0 radical (unpaired) electrons. The molecule has 0 saturated heterocycles. The van der Waals surface area contributed by atoms with Gasteiger partial charge in [-0.25, -0.2) is 13.2 Å². The molecular weight excluding hydrogens is 337 g/mol. The summed E-state index contributed by atoms with van der Waals surface area (Å²) in [5.74, 6) is -4.20. The second-order valence-corrected chi connectivity index (χ2v) is 5.01. The number of rotatable bonds is 4. The number of carbonyl (C=O) groups excluding carboxylic acids is 1. The number of halogens is 3. The molecule has 1 amide bonds. The molecule has 0 bridgehead atoms. The minimum atomic E-state index is -1.61. The Bertz CT molecular complexity index is 900. The Balaban J connectivity index is 1.78. The highest BCUT2D eigenvalue weighted by molar-refractivity contribution is 6.03. The van der Waals surface area contributed by atoms with E-state index in [2.05, 4.69) is 10.5 Å². The van der Waals surface area contributed by atoms with E-state index >= 15 is 0 Å². The van der Waals surface area contributed by atoms with Gasteiger partial charge in [-0.05, 0) is 24.3 Å². The number of amides is 1. The summed E-state index contributed by atoms with van der Waals surface area (Å²) in [6.45, 7) is 0. The van der Waals surface area contributed by atoms with Gasteiger partial charge in [-0.3, -0.25) is 4.79 Å². The predicted octanol–water partition coefficient (Wildman–Crippen LogP) is 4.02. The third kappa shape index (κ3) is 3.47. The number of ether oxygens (including phenoxy) is 1. The highest BCUT2D eigenvalue weighted by Crippen LogP contribution is 2.24. The molecule has 1 aromatic heterocycles. The SMILES string of the molecule is COc1ccc(-c2cc(C(=O)Nc3cc(F)c(F)c(F)c3)no2)cc1. The third-order valence-corrected chi connectivity index (χ3v) is 3.36. The van der Waals surface area contributed by atoms with E-state index in [1.54, 1.807) is 24.3 Å². The van der Waals surface area contributed by atoms with Gasteiger partial charge >= 0.3 is 0 Å². The zero-order valence-electron chi connectivity index (χ0n) is 12.8. The minimum absolute atomic E-state index is 0.101. The van der Waals surface area contributed by atoms with Crippen LogP contribution in [-0.2, 0) is 0 Å². The van der Waals surface area contributed by atoms with Crippen molar-refractivity contribution >= 4 is 11.6 Å². The molecule has 25 heavy (non-hydrogen) atoms. The van der Waals surface area contributed by atoms with E-state index < -0.39 is 23.4 Å². The number of nitrogens with zero attached hydrogens (tertiary/aromatic N) is 1. The maximum Gasteiger partial charge on any atom is 0.277 e. The first-order valence-electron chi connectivity index (χ1n) is 7.05. The number of carbonyl (C=O) groups is 1. The van der Waals surface area contributed by atoms with Crippen molar-refractivity contribution in [3.05, 3.63) is 65.6 Å². The molecule has 128 valence electrons. The van der Waals surface area contributed by atoms with Gasteiger partial charge in [-0.2, -0.15) is 0 Å². The summed E-state index contributed by atoms with van der Waals surface area (Å²) >= 11 is 0. The maximum atomic E-state index is 13.2. The zero-order chi connectivity index (χ0) is 18.0. The van der Waals surface area contributed by atoms with Gasteiger partial charge in [0.1, 0.15) is 5.75 Å². The van der Waals surface area contributed by atoms with E-state index in [0.29, 0.717) is 29.2 Å². The first-order chi connectivity index (χ1) is 12.0. The Kier molecular flexibility index (Phi) is 4.42. The van der Waals surface area contributed by atoms with E-state index in [0.717, 1.165) is 0 Å². The second-order valence-electron chi connectivity index (χ2n) is 5.01. The van der Waals surface area contributed by atoms with Gasteiger partial charge in [-0.15, -0.1) is 0 Å². The molecule has 5 nitrogen and oxygen atoms in total. The van der Waals surface area contributed by atoms with Crippen molar-refractivity contribution in [2.24, 2.45) is 0 Å². The fraction of sp³-hybridized carbons (Fsp3) is 0.0588. The lowest BCUT2D eigenvalue weighted by atomic mass is 10.1. The molecule has 0 saturated carbocycles. The minimum Gasteiger partial charge on any atom is -0.497 e. The molecule has 1 heterocycles. The molecule has 0 fully saturated rings. The van der Waals surface area contributed by atoms with Crippen LogP contribution < -0.4 is 10.1 Å². The summed E-state index contributed by atoms with van der Waals surface area (Å²) in [7, 11) is 1.53. The molecule has 0 aliphatic rings. The van der Waals surface area contributed by atoms with Crippen molar-refractivity contribution in [3.63, 3.8) is 0 Å². The fourth-order valence-corrected chi connectivity index (χ4v) is 2.10. The van der Waals surface area contributed by atoms with E-state index in [1.165, 1.54) is 13.2 Å². The highest BCUT2D eigenvalue weighted by Gasteiger charge is 2.16. The number of hydrogen-bond donors (Lipinski definition) is 1. The molecule has 0 aliphatic heterocycles. The Morgan fingerprint density at radius 3 is 2.32 bits per heavy atom. The summed E-state index contributed by atoms with van der Waals surface area (Å²) in [6.07, 6.45) is 0. The zero-order valence-corrected chi connectivity index (χ0v) is 12.8. The number of aromatic nitrogens is 1. The number of anilines is 1. The van der Waals surface area contributed by atoms with Gasteiger partial charge in [0.15, 0.2) is 28.9 Å². The molecule has 0 atom stereocenters. The quantitative estimate of drug-likeness (QED) is 0.724. The van der Waals surface area contributed by atoms with Gasteiger partial charge in [0.2, 0.25) is 0 Å². The summed E-state index contributed by atoms with van der Waals surface area (Å²) < 4.78 is 49.4. The van der Waals surface area contributed by atoms with Crippen LogP contribution in [0.4, 0.5) is 18.9 Å². The summed E-state index contributed by atoms with van der Waals surface area (Å²) in [6, 6.07) is 9.55. The lowest BCUT2D eigenvalue weighted by Crippen LogP contribution is -2.13. The average Bonchev–Trinajstić information content (AvgIpc) is 3.10. The Morgan fingerprint density at radius 1 is 1.08 bits per heavy atom. The first kappa shape index (κ1) is 16.6. The average molecular weight is 348 g/mol. The van der Waals surface area contributed by atoms with Crippen LogP contribution in [0.25, 0.3) is 11.3 Å². The molecule has 3 rings (SSSR count). The van der Waals surface area contributed by atoms with Crippen molar-refractivity contribution in [2.45, 2.75) is 0 Å². The van der Waals surface area contributed by atoms with E-state index in [-0.39, 0.29) is 11.4 Å². The molecule has 1 N–H and O–H groups in total. The van der Waals surface area contributed by atoms with Crippen LogP contribution in [0.15, 0.2) is 47.0 Å². The van der Waals surface area contributed by atoms with Crippen molar-refractivity contribution < 1.29 is 27.2 Å². The molecule has 8 heteroatoms. The largest absolute Gasteiger partial charge is 0.497 e. The number of benzene rings is 2. The first-order valence-corrected chi connectivity index (χ1v) is 7.05. The van der Waals surface area contributed by atoms with Crippen LogP contribution in [0.2, 0.25) is 0 Å². The van der Waals surface area contributed by atoms with Gasteiger partial charge in [0, 0.05) is 29.4 Å². The molecule has 0 aliphatic carbocycles. The standard InChI is InChI=1S/C17H11F3N2O3/c1-24-11-4-2-9(3-5-11)15-8-14(22-25-15)17(23)21-10-6-12(18)16(20)13(19)7-10/h2-8H,1H3,(H,21,23). The molecule has 0 unspecified atom stereocenters. The molecule has 0 spiro atoms. The number of methoxy groups -OCH3 is 1. The normalized spacial score (nSPS) is 10.6. The number of hydrogen-bond acceptors (Lipinski definition) is 4. The lowest BCUT2D eigenvalue weighted by molar-refractivity contribution is 0.101. The van der Waals surface area contributed by atoms with Crippen LogP contribution in [0.5, 0.6) is 5.75 Å². The Labute approximate surface area is 140 Å². The van der Waals surface area contributed by atoms with Crippen LogP contribution in [0.3, 0.4) is 0 Å². The number of nitrogens with one attached hydrogen (secondary N) is 1. The Hall–Kier alpha value is -3.29. The van der Waals surface area contributed by atoms with E-state index in [1.807, 2.05) is 0 Å². The molecule has 3 aromatic rings.